The van der Waals surface area contributed by atoms with Crippen LogP contribution in [-0.2, 0) is 22.1 Å². The smallest absolute Gasteiger partial charge is 0.407 e. The minimum absolute atomic E-state index is 0.0152. The minimum atomic E-state index is -2.54. The van der Waals surface area contributed by atoms with Gasteiger partial charge in [0, 0.05) is 24.1 Å². The van der Waals surface area contributed by atoms with Gasteiger partial charge in [-0.05, 0) is 68.9 Å². The molecule has 0 spiro atoms. The Morgan fingerprint density at radius 3 is 2.22 bits per heavy atom. The zero-order valence-electron chi connectivity index (χ0n) is 21.9. The highest BCUT2D eigenvalue weighted by Crippen LogP contribution is 2.47. The zero-order chi connectivity index (χ0) is 27.6. The van der Waals surface area contributed by atoms with E-state index in [0.717, 1.165) is 11.6 Å². The molecule has 0 heterocycles. The second-order valence-electron chi connectivity index (χ2n) is 11.4. The molecular formula is C28H36F4N2O3. The summed E-state index contributed by atoms with van der Waals surface area (Å²) in [6.45, 7) is 8.10. The molecule has 1 aliphatic rings. The predicted molar refractivity (Wildman–Crippen MR) is 133 cm³/mol. The molecule has 5 nitrogen and oxygen atoms in total. The molecule has 1 amide bonds. The van der Waals surface area contributed by atoms with Crippen molar-refractivity contribution in [1.29, 1.82) is 0 Å². The van der Waals surface area contributed by atoms with E-state index in [-0.39, 0.29) is 12.8 Å². The molecule has 0 bridgehead atoms. The van der Waals surface area contributed by atoms with Gasteiger partial charge in [0.1, 0.15) is 23.5 Å². The molecule has 2 aromatic rings. The largest absolute Gasteiger partial charge is 0.444 e. The third kappa shape index (κ3) is 7.92. The molecule has 2 atom stereocenters. The van der Waals surface area contributed by atoms with Gasteiger partial charge in [0.05, 0.1) is 5.41 Å². The fraction of sp³-hybridized carbons (Fsp3) is 0.536. The first-order valence-electron chi connectivity index (χ1n) is 12.4. The number of carbonyl (C=O) groups is 1. The van der Waals surface area contributed by atoms with Crippen molar-refractivity contribution in [3.63, 3.8) is 0 Å². The highest BCUT2D eigenvalue weighted by Gasteiger charge is 2.46. The number of hydrogen-bond acceptors (Lipinski definition) is 4. The SMILES string of the molecule is CC(C)(C)OC(=O)NC(Cc1cc(F)cc(F)c1)CC(O)NC1(c2cccc(C(C)(C)C(F)F)c2)CC1. The van der Waals surface area contributed by atoms with Crippen LogP contribution in [0, 0.1) is 11.6 Å². The molecule has 3 rings (SSSR count). The molecule has 1 aliphatic carbocycles. The first kappa shape index (κ1) is 28.9. The Morgan fingerprint density at radius 2 is 1.68 bits per heavy atom. The third-order valence-electron chi connectivity index (χ3n) is 6.53. The van der Waals surface area contributed by atoms with Crippen LogP contribution in [0.2, 0.25) is 0 Å². The van der Waals surface area contributed by atoms with E-state index in [4.69, 9.17) is 4.74 Å². The average molecular weight is 525 g/mol. The van der Waals surface area contributed by atoms with Crippen LogP contribution in [-0.4, -0.2) is 35.5 Å². The fourth-order valence-electron chi connectivity index (χ4n) is 4.31. The normalized spacial score (nSPS) is 16.8. The van der Waals surface area contributed by atoms with Gasteiger partial charge in [-0.15, -0.1) is 0 Å². The van der Waals surface area contributed by atoms with Crippen LogP contribution in [0.1, 0.15) is 70.6 Å². The number of carbonyl (C=O) groups excluding carboxylic acids is 1. The molecule has 204 valence electrons. The Morgan fingerprint density at radius 1 is 1.05 bits per heavy atom. The first-order chi connectivity index (χ1) is 17.1. The van der Waals surface area contributed by atoms with Crippen LogP contribution < -0.4 is 10.6 Å². The van der Waals surface area contributed by atoms with Crippen LogP contribution >= 0.6 is 0 Å². The monoisotopic (exact) mass is 524 g/mol. The highest BCUT2D eigenvalue weighted by atomic mass is 19.3. The molecule has 2 unspecified atom stereocenters. The molecule has 0 aromatic heterocycles. The molecule has 1 fully saturated rings. The lowest BCUT2D eigenvalue weighted by atomic mass is 9.83. The van der Waals surface area contributed by atoms with Crippen molar-refractivity contribution < 1.29 is 32.2 Å². The predicted octanol–water partition coefficient (Wildman–Crippen LogP) is 5.93. The summed E-state index contributed by atoms with van der Waals surface area (Å²) in [7, 11) is 0. The van der Waals surface area contributed by atoms with Crippen molar-refractivity contribution in [2.45, 2.75) is 95.6 Å². The molecule has 1 saturated carbocycles. The van der Waals surface area contributed by atoms with Crippen molar-refractivity contribution in [2.24, 2.45) is 0 Å². The van der Waals surface area contributed by atoms with E-state index < -0.39 is 53.0 Å². The number of alkyl halides is 2. The quantitative estimate of drug-likeness (QED) is 0.266. The maximum Gasteiger partial charge on any atom is 0.407 e. The van der Waals surface area contributed by atoms with E-state index in [9.17, 15) is 27.5 Å². The highest BCUT2D eigenvalue weighted by molar-refractivity contribution is 5.68. The second-order valence-corrected chi connectivity index (χ2v) is 11.4. The molecule has 0 aliphatic heterocycles. The topological polar surface area (TPSA) is 70.6 Å². The van der Waals surface area contributed by atoms with Crippen LogP contribution in [0.25, 0.3) is 0 Å². The van der Waals surface area contributed by atoms with Gasteiger partial charge < -0.3 is 15.2 Å². The lowest BCUT2D eigenvalue weighted by molar-refractivity contribution is 0.0462. The molecule has 3 N–H and O–H groups in total. The lowest BCUT2D eigenvalue weighted by Gasteiger charge is -2.29. The Hall–Kier alpha value is -2.65. The van der Waals surface area contributed by atoms with Gasteiger partial charge in [0.25, 0.3) is 0 Å². The maximum atomic E-state index is 13.7. The Labute approximate surface area is 215 Å². The number of alkyl carbamates (subject to hydrolysis) is 1. The second kappa shape index (κ2) is 11.0. The fourth-order valence-corrected chi connectivity index (χ4v) is 4.31. The van der Waals surface area contributed by atoms with Gasteiger partial charge in [-0.1, -0.05) is 38.1 Å². The lowest BCUT2D eigenvalue weighted by Crippen LogP contribution is -2.46. The number of aliphatic hydroxyl groups excluding tert-OH is 1. The van der Waals surface area contributed by atoms with Crippen LogP contribution in [0.5, 0.6) is 0 Å². The van der Waals surface area contributed by atoms with Crippen molar-refractivity contribution >= 4 is 6.09 Å². The number of amides is 1. The molecular weight excluding hydrogens is 488 g/mol. The van der Waals surface area contributed by atoms with Gasteiger partial charge in [0.15, 0.2) is 0 Å². The maximum absolute atomic E-state index is 13.7. The van der Waals surface area contributed by atoms with E-state index in [2.05, 4.69) is 10.6 Å². The Balaban J connectivity index is 1.76. The zero-order valence-corrected chi connectivity index (χ0v) is 21.9. The minimum Gasteiger partial charge on any atom is -0.444 e. The van der Waals surface area contributed by atoms with Gasteiger partial charge in [-0.3, -0.25) is 5.32 Å². The van der Waals surface area contributed by atoms with Gasteiger partial charge in [0.2, 0.25) is 6.43 Å². The van der Waals surface area contributed by atoms with Gasteiger partial charge in [-0.2, -0.15) is 0 Å². The number of ether oxygens (including phenoxy) is 1. The van der Waals surface area contributed by atoms with E-state index >= 15 is 0 Å². The van der Waals surface area contributed by atoms with Crippen LogP contribution in [0.4, 0.5) is 22.4 Å². The molecule has 0 saturated heterocycles. The van der Waals surface area contributed by atoms with Gasteiger partial charge in [-0.25, -0.2) is 22.4 Å². The summed E-state index contributed by atoms with van der Waals surface area (Å²) < 4.78 is 60.0. The van der Waals surface area contributed by atoms with Crippen molar-refractivity contribution in [3.05, 3.63) is 70.8 Å². The van der Waals surface area contributed by atoms with E-state index in [0.29, 0.717) is 24.0 Å². The summed E-state index contributed by atoms with van der Waals surface area (Å²) in [5, 5.41) is 16.8. The van der Waals surface area contributed by atoms with E-state index in [1.807, 2.05) is 6.07 Å². The summed E-state index contributed by atoms with van der Waals surface area (Å²) in [5.74, 6) is -1.48. The number of aliphatic hydroxyl groups is 1. The standard InChI is InChI=1S/C28H36F4N2O3/c1-26(2,3)37-25(36)33-22(13-17-11-20(29)15-21(30)12-17)16-23(35)34-28(9-10-28)19-8-6-7-18(14-19)27(4,5)24(31)32/h6-8,11-12,14-15,22-24,34-35H,9-10,13,16H2,1-5H3,(H,33,36). The Bertz CT molecular complexity index is 1080. The summed E-state index contributed by atoms with van der Waals surface area (Å²) in [6.07, 6.45) is -2.90. The van der Waals surface area contributed by atoms with E-state index in [1.54, 1.807) is 39.0 Å². The number of benzene rings is 2. The molecule has 9 heteroatoms. The summed E-state index contributed by atoms with van der Waals surface area (Å²) in [6, 6.07) is 9.37. The van der Waals surface area contributed by atoms with Gasteiger partial charge >= 0.3 is 6.09 Å². The van der Waals surface area contributed by atoms with Crippen molar-refractivity contribution in [3.8, 4) is 0 Å². The summed E-state index contributed by atoms with van der Waals surface area (Å²) in [5.41, 5.74) is -1.07. The number of hydrogen-bond donors (Lipinski definition) is 3. The van der Waals surface area contributed by atoms with Crippen LogP contribution in [0.15, 0.2) is 42.5 Å². The molecule has 37 heavy (non-hydrogen) atoms. The Kier molecular flexibility index (Phi) is 8.59. The molecule has 0 radical (unpaired) electrons. The number of rotatable bonds is 10. The van der Waals surface area contributed by atoms with Crippen LogP contribution in [0.3, 0.4) is 0 Å². The average Bonchev–Trinajstić information content (AvgIpc) is 3.51. The number of nitrogens with one attached hydrogen (secondary N) is 2. The van der Waals surface area contributed by atoms with E-state index in [1.165, 1.54) is 26.0 Å². The van der Waals surface area contributed by atoms with Crippen molar-refractivity contribution in [2.75, 3.05) is 0 Å². The number of halogens is 4. The summed E-state index contributed by atoms with van der Waals surface area (Å²) >= 11 is 0. The third-order valence-corrected chi connectivity index (χ3v) is 6.53. The summed E-state index contributed by atoms with van der Waals surface area (Å²) in [4.78, 5) is 12.4. The molecule has 2 aromatic carbocycles. The first-order valence-corrected chi connectivity index (χ1v) is 12.4. The van der Waals surface area contributed by atoms with Crippen molar-refractivity contribution in [1.82, 2.24) is 10.6 Å².